The smallest absolute Gasteiger partial charge is 0.210 e. The topological polar surface area (TPSA) is 56.5 Å². The maximum atomic E-state index is 11.9. The van der Waals surface area contributed by atoms with E-state index in [1.54, 1.807) is 13.2 Å². The highest BCUT2D eigenvalue weighted by atomic mass is 32.2. The molecular weight excluding hydrogens is 264 g/mol. The molecule has 0 saturated carbocycles. The Morgan fingerprint density at radius 2 is 2.16 bits per heavy atom. The maximum Gasteiger partial charge on any atom is 0.210 e. The number of methoxy groups -OCH3 is 1. The van der Waals surface area contributed by atoms with E-state index in [-0.39, 0.29) is 17.3 Å². The number of ether oxygens (including phenoxy) is 1. The van der Waals surface area contributed by atoms with Gasteiger partial charge < -0.3 is 9.15 Å². The lowest BCUT2D eigenvalue weighted by Gasteiger charge is -1.99. The molecule has 0 aliphatic carbocycles. The molecule has 0 amide bonds. The first-order valence-electron chi connectivity index (χ1n) is 6.06. The predicted octanol–water partition coefficient (Wildman–Crippen LogP) is 2.40. The molecule has 0 aliphatic heterocycles. The lowest BCUT2D eigenvalue weighted by molar-refractivity contribution is 0.0993. The Hall–Kier alpha value is -1.46. The number of para-hydroxylation sites is 1. The molecule has 0 bridgehead atoms. The van der Waals surface area contributed by atoms with Crippen molar-refractivity contribution in [2.24, 2.45) is 0 Å². The number of hydrogen-bond donors (Lipinski definition) is 0. The van der Waals surface area contributed by atoms with Crippen molar-refractivity contribution < 1.29 is 18.2 Å². The fourth-order valence-electron chi connectivity index (χ4n) is 1.77. The van der Waals surface area contributed by atoms with E-state index in [0.29, 0.717) is 24.4 Å². The van der Waals surface area contributed by atoms with E-state index in [1.807, 2.05) is 24.3 Å². The van der Waals surface area contributed by atoms with Gasteiger partial charge in [0.15, 0.2) is 5.76 Å². The van der Waals surface area contributed by atoms with Gasteiger partial charge in [0.2, 0.25) is 5.78 Å². The third kappa shape index (κ3) is 3.75. The molecule has 1 atom stereocenters. The summed E-state index contributed by atoms with van der Waals surface area (Å²) in [5.41, 5.74) is 0.677. The summed E-state index contributed by atoms with van der Waals surface area (Å²) in [5.74, 6) is 0.539. The van der Waals surface area contributed by atoms with Crippen LogP contribution in [0, 0.1) is 0 Å². The van der Waals surface area contributed by atoms with Crippen LogP contribution in [0.4, 0.5) is 0 Å². The molecule has 0 radical (unpaired) electrons. The first kappa shape index (κ1) is 14.0. The Morgan fingerprint density at radius 1 is 1.37 bits per heavy atom. The molecule has 1 unspecified atom stereocenters. The minimum atomic E-state index is -1.16. The largest absolute Gasteiger partial charge is 0.453 e. The highest BCUT2D eigenvalue weighted by Crippen LogP contribution is 2.19. The van der Waals surface area contributed by atoms with Gasteiger partial charge in [0.1, 0.15) is 5.58 Å². The van der Waals surface area contributed by atoms with Gasteiger partial charge in [-0.05, 0) is 18.6 Å². The fourth-order valence-corrected chi connectivity index (χ4v) is 2.79. The Bertz CT molecular complexity index is 555. The van der Waals surface area contributed by atoms with Gasteiger partial charge in [-0.3, -0.25) is 9.00 Å². The van der Waals surface area contributed by atoms with Crippen molar-refractivity contribution in [3.63, 3.8) is 0 Å². The van der Waals surface area contributed by atoms with Crippen molar-refractivity contribution in [1.29, 1.82) is 0 Å². The SMILES string of the molecule is COCCCS(=O)CC(=O)c1cc2ccccc2o1. The predicted molar refractivity (Wildman–Crippen MR) is 74.9 cm³/mol. The Kier molecular flexibility index (Phi) is 4.87. The quantitative estimate of drug-likeness (QED) is 0.577. The molecule has 0 aliphatic rings. The Labute approximate surface area is 114 Å². The van der Waals surface area contributed by atoms with E-state index in [0.717, 1.165) is 5.39 Å². The molecule has 1 aromatic carbocycles. The van der Waals surface area contributed by atoms with Crippen LogP contribution in [0.5, 0.6) is 0 Å². The van der Waals surface area contributed by atoms with Gasteiger partial charge in [-0.1, -0.05) is 18.2 Å². The van der Waals surface area contributed by atoms with Crippen LogP contribution < -0.4 is 0 Å². The number of carbonyl (C=O) groups is 1. The lowest BCUT2D eigenvalue weighted by atomic mass is 10.2. The zero-order chi connectivity index (χ0) is 13.7. The summed E-state index contributed by atoms with van der Waals surface area (Å²) in [6.07, 6.45) is 0.691. The molecule has 2 rings (SSSR count). The average molecular weight is 280 g/mol. The Balaban J connectivity index is 1.97. The molecule has 19 heavy (non-hydrogen) atoms. The summed E-state index contributed by atoms with van der Waals surface area (Å²) in [4.78, 5) is 11.9. The molecule has 102 valence electrons. The molecule has 0 N–H and O–H groups in total. The van der Waals surface area contributed by atoms with Crippen LogP contribution in [0.15, 0.2) is 34.7 Å². The lowest BCUT2D eigenvalue weighted by Crippen LogP contribution is -2.13. The number of fused-ring (bicyclic) bond motifs is 1. The zero-order valence-electron chi connectivity index (χ0n) is 10.8. The molecular formula is C14H16O4S. The minimum Gasteiger partial charge on any atom is -0.453 e. The summed E-state index contributed by atoms with van der Waals surface area (Å²) < 4.78 is 22.0. The first-order chi connectivity index (χ1) is 9.20. The molecule has 4 nitrogen and oxygen atoms in total. The molecule has 5 heteroatoms. The second-order valence-electron chi connectivity index (χ2n) is 4.21. The van der Waals surface area contributed by atoms with Gasteiger partial charge in [0.25, 0.3) is 0 Å². The molecule has 1 aromatic heterocycles. The number of carbonyl (C=O) groups excluding carboxylic acids is 1. The fraction of sp³-hybridized carbons (Fsp3) is 0.357. The first-order valence-corrected chi connectivity index (χ1v) is 7.55. The van der Waals surface area contributed by atoms with Crippen molar-refractivity contribution in [2.45, 2.75) is 6.42 Å². The molecule has 0 spiro atoms. The zero-order valence-corrected chi connectivity index (χ0v) is 11.6. The van der Waals surface area contributed by atoms with E-state index >= 15 is 0 Å². The number of hydrogen-bond acceptors (Lipinski definition) is 4. The molecule has 0 fully saturated rings. The summed E-state index contributed by atoms with van der Waals surface area (Å²) >= 11 is 0. The van der Waals surface area contributed by atoms with Crippen LogP contribution in [-0.2, 0) is 15.5 Å². The number of benzene rings is 1. The van der Waals surface area contributed by atoms with Gasteiger partial charge in [-0.2, -0.15) is 0 Å². The van der Waals surface area contributed by atoms with Crippen molar-refractivity contribution in [1.82, 2.24) is 0 Å². The maximum absolute atomic E-state index is 11.9. The van der Waals surface area contributed by atoms with Crippen LogP contribution in [-0.4, -0.2) is 35.2 Å². The Morgan fingerprint density at radius 3 is 2.89 bits per heavy atom. The highest BCUT2D eigenvalue weighted by Gasteiger charge is 2.15. The number of furan rings is 1. The van der Waals surface area contributed by atoms with E-state index in [9.17, 15) is 9.00 Å². The summed E-state index contributed by atoms with van der Waals surface area (Å²) in [7, 11) is 0.436. The molecule has 1 heterocycles. The van der Waals surface area contributed by atoms with Gasteiger partial charge in [-0.15, -0.1) is 0 Å². The van der Waals surface area contributed by atoms with Crippen LogP contribution in [0.25, 0.3) is 11.0 Å². The van der Waals surface area contributed by atoms with Gasteiger partial charge in [0.05, 0.1) is 5.75 Å². The summed E-state index contributed by atoms with van der Waals surface area (Å²) in [5, 5.41) is 0.885. The van der Waals surface area contributed by atoms with E-state index in [1.165, 1.54) is 0 Å². The number of ketones is 1. The number of rotatable bonds is 7. The number of Topliss-reactive ketones (excluding diaryl/α,β-unsaturated/α-hetero) is 1. The van der Waals surface area contributed by atoms with Crippen LogP contribution in [0.3, 0.4) is 0 Å². The van der Waals surface area contributed by atoms with Crippen LogP contribution in [0.2, 0.25) is 0 Å². The third-order valence-electron chi connectivity index (χ3n) is 2.71. The van der Waals surface area contributed by atoms with Crippen LogP contribution >= 0.6 is 0 Å². The average Bonchev–Trinajstić information content (AvgIpc) is 2.83. The molecule has 0 saturated heterocycles. The van der Waals surface area contributed by atoms with E-state index < -0.39 is 10.8 Å². The van der Waals surface area contributed by atoms with Gasteiger partial charge in [0, 0.05) is 35.7 Å². The van der Waals surface area contributed by atoms with E-state index in [4.69, 9.17) is 9.15 Å². The van der Waals surface area contributed by atoms with Gasteiger partial charge in [-0.25, -0.2) is 0 Å². The highest BCUT2D eigenvalue weighted by molar-refractivity contribution is 7.85. The van der Waals surface area contributed by atoms with Crippen molar-refractivity contribution in [2.75, 3.05) is 25.2 Å². The van der Waals surface area contributed by atoms with E-state index in [2.05, 4.69) is 0 Å². The normalized spacial score (nSPS) is 12.7. The molecule has 2 aromatic rings. The van der Waals surface area contributed by atoms with Crippen molar-refractivity contribution in [3.05, 3.63) is 36.1 Å². The summed E-state index contributed by atoms with van der Waals surface area (Å²) in [6, 6.07) is 9.12. The summed E-state index contributed by atoms with van der Waals surface area (Å²) in [6.45, 7) is 0.560. The minimum absolute atomic E-state index is 0.00351. The third-order valence-corrected chi connectivity index (χ3v) is 4.04. The van der Waals surface area contributed by atoms with Crippen molar-refractivity contribution in [3.8, 4) is 0 Å². The van der Waals surface area contributed by atoms with Crippen LogP contribution in [0.1, 0.15) is 17.0 Å². The standard InChI is InChI=1S/C14H16O4S/c1-17-7-4-8-19(16)10-12(15)14-9-11-5-2-3-6-13(11)18-14/h2-3,5-6,9H,4,7-8,10H2,1H3. The second-order valence-corrected chi connectivity index (χ2v) is 5.78. The van der Waals surface area contributed by atoms with Gasteiger partial charge >= 0.3 is 0 Å². The van der Waals surface area contributed by atoms with Crippen molar-refractivity contribution >= 4 is 27.6 Å². The second kappa shape index (κ2) is 6.63. The monoisotopic (exact) mass is 280 g/mol.